The molecule has 9 heteroatoms. The molecule has 0 saturated carbocycles. The van der Waals surface area contributed by atoms with Gasteiger partial charge in [0.2, 0.25) is 0 Å². The summed E-state index contributed by atoms with van der Waals surface area (Å²) >= 11 is 0. The second-order valence-corrected chi connectivity index (χ2v) is 11.9. The van der Waals surface area contributed by atoms with Crippen LogP contribution in [0.2, 0.25) is 0 Å². The fourth-order valence-electron chi connectivity index (χ4n) is 6.79. The summed E-state index contributed by atoms with van der Waals surface area (Å²) in [6, 6.07) is 14.5. The number of hydrogen-bond donors (Lipinski definition) is 1. The number of nitrogens with one attached hydrogen (secondary N) is 1. The quantitative estimate of drug-likeness (QED) is 0.428. The van der Waals surface area contributed by atoms with E-state index in [4.69, 9.17) is 9.72 Å². The molecule has 3 aromatic rings. The summed E-state index contributed by atoms with van der Waals surface area (Å²) in [6.07, 6.45) is 1.62. The molecule has 0 bridgehead atoms. The van der Waals surface area contributed by atoms with Crippen molar-refractivity contribution < 1.29 is 13.9 Å². The Bertz CT molecular complexity index is 1380. The number of rotatable bonds is 8. The van der Waals surface area contributed by atoms with Crippen molar-refractivity contribution in [3.05, 3.63) is 70.7 Å². The third-order valence-corrected chi connectivity index (χ3v) is 8.75. The first-order valence-electron chi connectivity index (χ1n) is 14.3. The van der Waals surface area contributed by atoms with Gasteiger partial charge in [-0.1, -0.05) is 18.2 Å². The van der Waals surface area contributed by atoms with E-state index in [1.165, 1.54) is 12.7 Å². The maximum atomic E-state index is 15.4. The number of carbonyl (C=O) groups is 1. The van der Waals surface area contributed by atoms with Crippen LogP contribution in [0.1, 0.15) is 47.0 Å². The van der Waals surface area contributed by atoms with Gasteiger partial charge in [0.1, 0.15) is 12.0 Å². The lowest BCUT2D eigenvalue weighted by Crippen LogP contribution is -2.61. The van der Waals surface area contributed by atoms with Crippen LogP contribution in [0.3, 0.4) is 0 Å². The minimum atomic E-state index is -0.868. The molecule has 0 radical (unpaired) electrons. The van der Waals surface area contributed by atoms with Crippen LogP contribution >= 0.6 is 0 Å². The second-order valence-electron chi connectivity index (χ2n) is 11.9. The van der Waals surface area contributed by atoms with E-state index in [9.17, 15) is 4.79 Å². The van der Waals surface area contributed by atoms with Gasteiger partial charge in [-0.15, -0.1) is 0 Å². The number of pyridine rings is 1. The van der Waals surface area contributed by atoms with E-state index < -0.39 is 6.17 Å². The van der Waals surface area contributed by atoms with Crippen LogP contribution in [0.4, 0.5) is 10.2 Å². The molecule has 0 amide bonds. The Kier molecular flexibility index (Phi) is 7.35. The minimum Gasteiger partial charge on any atom is -0.469 e. The largest absolute Gasteiger partial charge is 0.469 e. The number of hydrogen-bond acceptors (Lipinski definition) is 7. The van der Waals surface area contributed by atoms with Gasteiger partial charge >= 0.3 is 5.97 Å². The summed E-state index contributed by atoms with van der Waals surface area (Å²) in [7, 11) is 1.43. The smallest absolute Gasteiger partial charge is 0.306 e. The first kappa shape index (κ1) is 26.9. The number of methoxy groups -OCH3 is 1. The van der Waals surface area contributed by atoms with Gasteiger partial charge in [0.05, 0.1) is 30.6 Å². The molecule has 3 aliphatic heterocycles. The third-order valence-electron chi connectivity index (χ3n) is 8.75. The fraction of sp³-hybridized carbons (Fsp3) is 0.516. The Morgan fingerprint density at radius 1 is 1.18 bits per heavy atom. The molecule has 40 heavy (non-hydrogen) atoms. The van der Waals surface area contributed by atoms with Gasteiger partial charge in [-0.2, -0.15) is 5.10 Å². The van der Waals surface area contributed by atoms with Crippen LogP contribution in [0.25, 0.3) is 5.69 Å². The van der Waals surface area contributed by atoms with Crippen LogP contribution in [-0.4, -0.2) is 83.1 Å². The van der Waals surface area contributed by atoms with E-state index >= 15 is 4.39 Å². The van der Waals surface area contributed by atoms with Crippen molar-refractivity contribution in [1.82, 2.24) is 24.6 Å². The molecule has 8 nitrogen and oxygen atoms in total. The molecule has 212 valence electrons. The van der Waals surface area contributed by atoms with Gasteiger partial charge in [0.25, 0.3) is 0 Å². The van der Waals surface area contributed by atoms with Gasteiger partial charge in [0.15, 0.2) is 0 Å². The Balaban J connectivity index is 1.12. The molecule has 3 aliphatic rings. The van der Waals surface area contributed by atoms with Gasteiger partial charge in [0, 0.05) is 62.8 Å². The van der Waals surface area contributed by atoms with Crippen molar-refractivity contribution >= 4 is 11.8 Å². The molecule has 2 atom stereocenters. The number of alkyl halides is 1. The number of benzene rings is 1. The third kappa shape index (κ3) is 5.37. The molecule has 5 heterocycles. The van der Waals surface area contributed by atoms with Crippen molar-refractivity contribution in [2.75, 3.05) is 51.7 Å². The summed E-state index contributed by atoms with van der Waals surface area (Å²) in [6.45, 7) is 8.89. The Labute approximate surface area is 235 Å². The van der Waals surface area contributed by atoms with Crippen LogP contribution in [0.5, 0.6) is 0 Å². The van der Waals surface area contributed by atoms with E-state index in [0.717, 1.165) is 60.1 Å². The zero-order valence-corrected chi connectivity index (χ0v) is 23.7. The second kappa shape index (κ2) is 10.9. The van der Waals surface area contributed by atoms with Crippen LogP contribution in [0.15, 0.2) is 42.5 Å². The predicted molar refractivity (Wildman–Crippen MR) is 153 cm³/mol. The van der Waals surface area contributed by atoms with E-state index in [-0.39, 0.29) is 23.7 Å². The maximum Gasteiger partial charge on any atom is 0.306 e. The summed E-state index contributed by atoms with van der Waals surface area (Å²) < 4.78 is 22.4. The zero-order chi connectivity index (χ0) is 27.9. The summed E-state index contributed by atoms with van der Waals surface area (Å²) in [4.78, 5) is 21.7. The lowest BCUT2D eigenvalue weighted by molar-refractivity contribution is -0.141. The summed E-state index contributed by atoms with van der Waals surface area (Å²) in [5, 5.41) is 8.02. The Morgan fingerprint density at radius 3 is 2.77 bits per heavy atom. The highest BCUT2D eigenvalue weighted by molar-refractivity contribution is 5.70. The minimum absolute atomic E-state index is 0.0514. The highest BCUT2D eigenvalue weighted by Crippen LogP contribution is 2.43. The molecule has 1 aromatic carbocycles. The van der Waals surface area contributed by atoms with Gasteiger partial charge < -0.3 is 15.0 Å². The van der Waals surface area contributed by atoms with Crippen molar-refractivity contribution in [3.8, 4) is 5.69 Å². The topological polar surface area (TPSA) is 75.5 Å². The average molecular weight is 547 g/mol. The van der Waals surface area contributed by atoms with Gasteiger partial charge in [-0.3, -0.25) is 9.69 Å². The van der Waals surface area contributed by atoms with Gasteiger partial charge in [-0.25, -0.2) is 14.1 Å². The Morgan fingerprint density at radius 2 is 2.00 bits per heavy atom. The molecule has 0 aliphatic carbocycles. The number of nitrogens with zero attached hydrogens (tertiary/aromatic N) is 5. The van der Waals surface area contributed by atoms with Crippen molar-refractivity contribution in [2.24, 2.45) is 5.41 Å². The summed E-state index contributed by atoms with van der Waals surface area (Å²) in [5.41, 5.74) is 5.97. The molecular weight excluding hydrogens is 507 g/mol. The number of esters is 1. The average Bonchev–Trinajstić information content (AvgIpc) is 3.45. The predicted octanol–water partition coefficient (Wildman–Crippen LogP) is 4.04. The molecule has 1 spiro atoms. The van der Waals surface area contributed by atoms with Crippen molar-refractivity contribution in [2.45, 2.75) is 51.7 Å². The maximum absolute atomic E-state index is 15.4. The fourth-order valence-corrected chi connectivity index (χ4v) is 6.79. The van der Waals surface area contributed by atoms with E-state index in [1.54, 1.807) is 0 Å². The molecule has 2 aromatic heterocycles. The number of fused-ring (bicyclic) bond motifs is 1. The number of anilines is 1. The molecule has 1 N–H and O–H groups in total. The molecule has 2 fully saturated rings. The molecular formula is C31H39FN6O2. The molecule has 6 rings (SSSR count). The highest BCUT2D eigenvalue weighted by atomic mass is 19.1. The number of halogens is 1. The normalized spacial score (nSPS) is 21.1. The Hall–Kier alpha value is -3.30. The highest BCUT2D eigenvalue weighted by Gasteiger charge is 2.54. The monoisotopic (exact) mass is 546 g/mol. The van der Waals surface area contributed by atoms with Crippen LogP contribution < -0.4 is 5.32 Å². The van der Waals surface area contributed by atoms with Crippen molar-refractivity contribution in [3.63, 3.8) is 0 Å². The van der Waals surface area contributed by atoms with Crippen LogP contribution in [0, 0.1) is 19.3 Å². The van der Waals surface area contributed by atoms with Crippen LogP contribution in [-0.2, 0) is 22.5 Å². The lowest BCUT2D eigenvalue weighted by atomic mass is 9.77. The first-order chi connectivity index (χ1) is 19.3. The van der Waals surface area contributed by atoms with E-state index in [2.05, 4.69) is 50.5 Å². The standard InChI is InChI=1S/C31H39FN6O2/c1-21-12-22(2)38(35-21)27-8-4-6-24(13-27)25(14-29(39)40-3)15-37-19-31(20-37)18-36(17-28(31)32)16-26-10-9-23-7-5-11-33-30(23)34-26/h4,6,8-10,12-13,25,28H,5,7,11,14-20H2,1-3H3,(H,33,34)/t25-,28?/m1/s1. The zero-order valence-electron chi connectivity index (χ0n) is 23.7. The summed E-state index contributed by atoms with van der Waals surface area (Å²) in [5.74, 6) is 0.700. The van der Waals surface area contributed by atoms with E-state index in [0.29, 0.717) is 32.7 Å². The first-order valence-corrected chi connectivity index (χ1v) is 14.3. The lowest BCUT2D eigenvalue weighted by Gasteiger charge is -2.50. The number of aromatic nitrogens is 3. The van der Waals surface area contributed by atoms with Gasteiger partial charge in [-0.05, 0) is 62.1 Å². The number of carbonyl (C=O) groups excluding carboxylic acids is 1. The van der Waals surface area contributed by atoms with Crippen molar-refractivity contribution in [1.29, 1.82) is 0 Å². The molecule has 2 saturated heterocycles. The number of aryl methyl sites for hydroxylation is 3. The molecule has 1 unspecified atom stereocenters. The number of likely N-dealkylation sites (tertiary alicyclic amines) is 2. The van der Waals surface area contributed by atoms with E-state index in [1.807, 2.05) is 30.7 Å². The number of ether oxygens (including phenoxy) is 1. The SMILES string of the molecule is COC(=O)C[C@H](CN1CC2(CN(Cc3ccc4c(n3)NCCC4)CC2F)C1)c1cccc(-n2nc(C)cc2C)c1.